The van der Waals surface area contributed by atoms with Crippen LogP contribution in [-0.2, 0) is 33.9 Å². The van der Waals surface area contributed by atoms with Crippen LogP contribution in [0.2, 0.25) is 0 Å². The first-order valence-corrected chi connectivity index (χ1v) is 15.8. The van der Waals surface area contributed by atoms with E-state index in [1.54, 1.807) is 24.7 Å². The fraction of sp³-hybridized carbons (Fsp3) is 0.375. The number of carboxylic acid groups (broad SMARTS) is 2. The number of hydrogen-bond donors (Lipinski definition) is 8. The molecule has 49 heavy (non-hydrogen) atoms. The quantitative estimate of drug-likeness (QED) is 0.0645. The molecule has 17 nitrogen and oxygen atoms in total. The van der Waals surface area contributed by atoms with E-state index < -0.39 is 35.5 Å². The van der Waals surface area contributed by atoms with Crippen LogP contribution in [0.15, 0.2) is 53.8 Å². The van der Waals surface area contributed by atoms with Gasteiger partial charge in [-0.3, -0.25) is 24.2 Å². The second-order valence-corrected chi connectivity index (χ2v) is 11.5. The van der Waals surface area contributed by atoms with Gasteiger partial charge in [0.1, 0.15) is 17.9 Å². The van der Waals surface area contributed by atoms with E-state index in [0.29, 0.717) is 29.1 Å². The van der Waals surface area contributed by atoms with E-state index in [9.17, 15) is 29.1 Å². The Hall–Kier alpha value is -5.84. The first kappa shape index (κ1) is 36.0. The molecular weight excluding hydrogens is 636 g/mol. The van der Waals surface area contributed by atoms with Gasteiger partial charge in [-0.25, -0.2) is 14.8 Å². The Morgan fingerprint density at radius 3 is 2.47 bits per heavy atom. The fourth-order valence-electron chi connectivity index (χ4n) is 4.91. The molecule has 10 N–H and O–H groups in total. The Morgan fingerprint density at radius 2 is 1.73 bits per heavy atom. The van der Waals surface area contributed by atoms with Crippen LogP contribution in [0.5, 0.6) is 0 Å². The molecule has 0 fully saturated rings. The summed E-state index contributed by atoms with van der Waals surface area (Å²) in [6.45, 7) is 1.43. The average molecular weight is 677 g/mol. The molecule has 0 aliphatic carbocycles. The molecule has 0 saturated carbocycles. The number of aryl methyl sites for hydroxylation is 1. The number of H-pyrrole nitrogens is 1. The SMILES string of the molecule is Nc1cc2ncc(CNc3ccc(C(=O)NC(CCC(=O)NCCCCCCn4cnc(CC(N)C(=O)O)c4)C(=O)O)cc3)nc2c(=O)[nH]1. The van der Waals surface area contributed by atoms with Gasteiger partial charge < -0.3 is 47.2 Å². The molecule has 0 bridgehead atoms. The monoisotopic (exact) mass is 676 g/mol. The lowest BCUT2D eigenvalue weighted by Crippen LogP contribution is -2.41. The Balaban J connectivity index is 1.12. The van der Waals surface area contributed by atoms with E-state index in [-0.39, 0.29) is 48.6 Å². The third kappa shape index (κ3) is 11.1. The van der Waals surface area contributed by atoms with Gasteiger partial charge >= 0.3 is 11.9 Å². The summed E-state index contributed by atoms with van der Waals surface area (Å²) in [7, 11) is 0. The van der Waals surface area contributed by atoms with Crippen LogP contribution in [0, 0.1) is 0 Å². The molecule has 2 amide bonds. The topological polar surface area (TPSA) is 273 Å². The lowest BCUT2D eigenvalue weighted by molar-refractivity contribution is -0.140. The summed E-state index contributed by atoms with van der Waals surface area (Å²) in [5, 5.41) is 26.9. The number of imidazole rings is 1. The second-order valence-electron chi connectivity index (χ2n) is 11.5. The van der Waals surface area contributed by atoms with Crippen molar-refractivity contribution in [2.24, 2.45) is 5.73 Å². The first-order chi connectivity index (χ1) is 23.5. The third-order valence-electron chi connectivity index (χ3n) is 7.60. The minimum Gasteiger partial charge on any atom is -0.480 e. The van der Waals surface area contributed by atoms with Gasteiger partial charge in [0.2, 0.25) is 5.91 Å². The first-order valence-electron chi connectivity index (χ1n) is 15.8. The zero-order valence-corrected chi connectivity index (χ0v) is 26.7. The Bertz CT molecular complexity index is 1820. The molecule has 260 valence electrons. The number of pyridine rings is 1. The van der Waals surface area contributed by atoms with Gasteiger partial charge in [0.25, 0.3) is 11.5 Å². The van der Waals surface area contributed by atoms with Gasteiger partial charge in [0.15, 0.2) is 5.52 Å². The summed E-state index contributed by atoms with van der Waals surface area (Å²) < 4.78 is 1.89. The minimum absolute atomic E-state index is 0.0640. The highest BCUT2D eigenvalue weighted by Crippen LogP contribution is 2.13. The van der Waals surface area contributed by atoms with Crippen molar-refractivity contribution < 1.29 is 29.4 Å². The lowest BCUT2D eigenvalue weighted by atomic mass is 10.1. The van der Waals surface area contributed by atoms with Gasteiger partial charge in [0, 0.05) is 49.4 Å². The predicted molar refractivity (Wildman–Crippen MR) is 179 cm³/mol. The van der Waals surface area contributed by atoms with E-state index in [2.05, 4.69) is 35.9 Å². The molecule has 4 rings (SSSR count). The number of fused-ring (bicyclic) bond motifs is 1. The number of nitrogens with two attached hydrogens (primary N) is 2. The van der Waals surface area contributed by atoms with E-state index in [1.165, 1.54) is 24.4 Å². The number of nitrogens with zero attached hydrogens (tertiary/aromatic N) is 4. The molecular formula is C32H40N10O7. The predicted octanol–water partition coefficient (Wildman–Crippen LogP) is 1.00. The molecule has 3 aromatic heterocycles. The summed E-state index contributed by atoms with van der Waals surface area (Å²) in [6, 6.07) is 5.66. The highest BCUT2D eigenvalue weighted by atomic mass is 16.4. The van der Waals surface area contributed by atoms with Crippen molar-refractivity contribution in [1.29, 1.82) is 0 Å². The summed E-state index contributed by atoms with van der Waals surface area (Å²) >= 11 is 0. The maximum atomic E-state index is 12.7. The van der Waals surface area contributed by atoms with Crippen LogP contribution in [0.4, 0.5) is 11.5 Å². The Kier molecular flexibility index (Phi) is 12.7. The summed E-state index contributed by atoms with van der Waals surface area (Å²) in [6.07, 6.45) is 8.43. The number of carbonyl (C=O) groups is 4. The molecule has 1 aromatic carbocycles. The van der Waals surface area contributed by atoms with Gasteiger partial charge in [-0.15, -0.1) is 0 Å². The Labute approximate surface area is 280 Å². The number of unbranched alkanes of at least 4 members (excludes halogenated alkanes) is 3. The number of benzene rings is 1. The Morgan fingerprint density at radius 1 is 0.980 bits per heavy atom. The second kappa shape index (κ2) is 17.4. The molecule has 0 aliphatic rings. The fourth-order valence-corrected chi connectivity index (χ4v) is 4.91. The summed E-state index contributed by atoms with van der Waals surface area (Å²) in [5.41, 5.74) is 13.3. The molecule has 4 aromatic rings. The number of aromatic nitrogens is 5. The van der Waals surface area contributed by atoms with Crippen molar-refractivity contribution in [3.63, 3.8) is 0 Å². The van der Waals surface area contributed by atoms with Crippen molar-refractivity contribution in [2.75, 3.05) is 17.6 Å². The van der Waals surface area contributed by atoms with Gasteiger partial charge in [-0.2, -0.15) is 0 Å². The van der Waals surface area contributed by atoms with E-state index in [1.807, 2.05) is 4.57 Å². The standard InChI is InChI=1S/C32H40N10O7/c33-23(31(46)47)13-21-17-42(18-38-21)12-4-2-1-3-11-35-27(43)10-9-24(32(48)49)40-29(44)19-5-7-20(8-6-19)36-15-22-16-37-25-14-26(34)41-30(45)28(25)39-22/h5-8,14,16-18,23-24,36H,1-4,9-13,15,33H2,(H,35,43)(H,40,44)(H,46,47)(H,48,49)(H3,34,41,45). The van der Waals surface area contributed by atoms with Crippen LogP contribution in [-0.4, -0.2) is 77.1 Å². The smallest absolute Gasteiger partial charge is 0.326 e. The van der Waals surface area contributed by atoms with Crippen LogP contribution in [0.25, 0.3) is 11.0 Å². The maximum Gasteiger partial charge on any atom is 0.326 e. The third-order valence-corrected chi connectivity index (χ3v) is 7.60. The van der Waals surface area contributed by atoms with Crippen LogP contribution < -0.4 is 33.0 Å². The maximum absolute atomic E-state index is 12.7. The minimum atomic E-state index is -1.25. The molecule has 0 aliphatic heterocycles. The zero-order chi connectivity index (χ0) is 35.3. The average Bonchev–Trinajstić information content (AvgIpc) is 3.52. The highest BCUT2D eigenvalue weighted by Gasteiger charge is 2.22. The highest BCUT2D eigenvalue weighted by molar-refractivity contribution is 5.97. The number of rotatable bonds is 19. The van der Waals surface area contributed by atoms with Crippen LogP contribution >= 0.6 is 0 Å². The molecule has 0 saturated heterocycles. The number of amides is 2. The number of hydrogen-bond acceptors (Lipinski definition) is 11. The molecule has 0 spiro atoms. The number of carbonyl (C=O) groups excluding carboxylic acids is 2. The number of nitrogen functional groups attached to an aromatic ring is 1. The van der Waals surface area contributed by atoms with Gasteiger partial charge in [0.05, 0.1) is 36.0 Å². The lowest BCUT2D eigenvalue weighted by Gasteiger charge is -2.15. The normalized spacial score (nSPS) is 12.3. The molecule has 17 heteroatoms. The van der Waals surface area contributed by atoms with E-state index >= 15 is 0 Å². The van der Waals surface area contributed by atoms with Crippen molar-refractivity contribution >= 4 is 46.3 Å². The summed E-state index contributed by atoms with van der Waals surface area (Å²) in [5.74, 6) is -3.00. The van der Waals surface area contributed by atoms with Crippen LogP contribution in [0.3, 0.4) is 0 Å². The largest absolute Gasteiger partial charge is 0.480 e. The van der Waals surface area contributed by atoms with Gasteiger partial charge in [-0.05, 0) is 43.5 Å². The zero-order valence-electron chi connectivity index (χ0n) is 26.7. The van der Waals surface area contributed by atoms with Crippen molar-refractivity contribution in [2.45, 2.75) is 70.1 Å². The van der Waals surface area contributed by atoms with Crippen molar-refractivity contribution in [1.82, 2.24) is 35.1 Å². The van der Waals surface area contributed by atoms with E-state index in [0.717, 1.165) is 32.2 Å². The van der Waals surface area contributed by atoms with Crippen LogP contribution in [0.1, 0.15) is 60.3 Å². The van der Waals surface area contributed by atoms with Gasteiger partial charge in [-0.1, -0.05) is 12.8 Å². The summed E-state index contributed by atoms with van der Waals surface area (Å²) in [4.78, 5) is 75.0. The number of anilines is 2. The number of aromatic amines is 1. The number of aliphatic carboxylic acids is 2. The van der Waals surface area contributed by atoms with Crippen molar-refractivity contribution in [3.8, 4) is 0 Å². The molecule has 0 radical (unpaired) electrons. The molecule has 2 unspecified atom stereocenters. The molecule has 3 heterocycles. The number of nitrogens with one attached hydrogen (secondary N) is 4. The molecule has 2 atom stereocenters. The number of carboxylic acids is 2. The van der Waals surface area contributed by atoms with E-state index in [4.69, 9.17) is 16.6 Å². The van der Waals surface area contributed by atoms with Crippen molar-refractivity contribution in [3.05, 3.63) is 76.4 Å².